The van der Waals surface area contributed by atoms with Crippen molar-refractivity contribution in [1.82, 2.24) is 5.32 Å². The fourth-order valence-corrected chi connectivity index (χ4v) is 2.08. The molecule has 2 rings (SSSR count). The molecule has 0 aliphatic carbocycles. The maximum absolute atomic E-state index is 11.5. The topological polar surface area (TPSA) is 88.0 Å². The molecule has 0 saturated carbocycles. The molecule has 6 nitrogen and oxygen atoms in total. The molecule has 110 valence electrons. The van der Waals surface area contributed by atoms with Gasteiger partial charge in [-0.2, -0.15) is 0 Å². The van der Waals surface area contributed by atoms with Gasteiger partial charge in [0.15, 0.2) is 0 Å². The number of aliphatic hydroxyl groups is 2. The highest BCUT2D eigenvalue weighted by molar-refractivity contribution is 5.67. The first-order valence-electron chi connectivity index (χ1n) is 6.58. The number of nitrogens with one attached hydrogen (secondary N) is 1. The van der Waals surface area contributed by atoms with E-state index in [2.05, 4.69) is 5.32 Å². The smallest absolute Gasteiger partial charge is 0.407 e. The first-order chi connectivity index (χ1) is 9.69. The van der Waals surface area contributed by atoms with Gasteiger partial charge in [-0.25, -0.2) is 4.79 Å². The Morgan fingerprint density at radius 1 is 1.40 bits per heavy atom. The van der Waals surface area contributed by atoms with Gasteiger partial charge in [0.1, 0.15) is 12.7 Å². The molecule has 0 aromatic heterocycles. The van der Waals surface area contributed by atoms with Gasteiger partial charge in [-0.3, -0.25) is 0 Å². The predicted octanol–water partition coefficient (Wildman–Crippen LogP) is 0.423. The molecule has 1 fully saturated rings. The van der Waals surface area contributed by atoms with E-state index < -0.39 is 18.3 Å². The number of carbonyl (C=O) groups is 1. The second kappa shape index (κ2) is 7.23. The lowest BCUT2D eigenvalue weighted by atomic mass is 10.1. The fraction of sp³-hybridized carbons (Fsp3) is 0.500. The highest BCUT2D eigenvalue weighted by Crippen LogP contribution is 2.19. The number of benzene rings is 1. The molecule has 0 radical (unpaired) electrons. The minimum Gasteiger partial charge on any atom is -0.445 e. The molecule has 20 heavy (non-hydrogen) atoms. The standard InChI is InChI=1S/C14H19NO5/c16-8-13-12(17)6-11(20-13)7-15-14(18)19-9-10-4-2-1-3-5-10/h1-5,11-13,16-17H,6-9H2,(H,15,18)/t11-,12-,13+/m0/s1. The summed E-state index contributed by atoms with van der Waals surface area (Å²) in [5, 5.41) is 21.1. The Morgan fingerprint density at radius 2 is 2.15 bits per heavy atom. The zero-order valence-electron chi connectivity index (χ0n) is 11.1. The van der Waals surface area contributed by atoms with Gasteiger partial charge in [0.2, 0.25) is 0 Å². The second-order valence-corrected chi connectivity index (χ2v) is 4.72. The largest absolute Gasteiger partial charge is 0.445 e. The summed E-state index contributed by atoms with van der Waals surface area (Å²) >= 11 is 0. The van der Waals surface area contributed by atoms with Crippen LogP contribution >= 0.6 is 0 Å². The molecule has 0 unspecified atom stereocenters. The minimum atomic E-state index is -0.688. The fourth-order valence-electron chi connectivity index (χ4n) is 2.08. The molecule has 1 aromatic rings. The van der Waals surface area contributed by atoms with Gasteiger partial charge in [0, 0.05) is 13.0 Å². The molecule has 0 spiro atoms. The molecule has 1 aromatic carbocycles. The molecule has 1 aliphatic heterocycles. The van der Waals surface area contributed by atoms with Crippen molar-refractivity contribution in [3.05, 3.63) is 35.9 Å². The van der Waals surface area contributed by atoms with Gasteiger partial charge in [0.05, 0.1) is 18.8 Å². The maximum atomic E-state index is 11.5. The first-order valence-corrected chi connectivity index (χ1v) is 6.58. The summed E-state index contributed by atoms with van der Waals surface area (Å²) in [7, 11) is 0. The summed E-state index contributed by atoms with van der Waals surface area (Å²) in [5.74, 6) is 0. The maximum Gasteiger partial charge on any atom is 0.407 e. The van der Waals surface area contributed by atoms with Crippen LogP contribution in [0.15, 0.2) is 30.3 Å². The van der Waals surface area contributed by atoms with Gasteiger partial charge in [-0.15, -0.1) is 0 Å². The molecule has 0 bridgehead atoms. The summed E-state index contributed by atoms with van der Waals surface area (Å²) in [6.45, 7) is 0.234. The van der Waals surface area contributed by atoms with Crippen molar-refractivity contribution >= 4 is 6.09 Å². The SMILES string of the molecule is O=C(NC[C@@H]1C[C@H](O)[C@@H](CO)O1)OCc1ccccc1. The molecule has 1 heterocycles. The molecular formula is C14H19NO5. The van der Waals surface area contributed by atoms with E-state index in [0.29, 0.717) is 6.42 Å². The van der Waals surface area contributed by atoms with Crippen LogP contribution in [0.5, 0.6) is 0 Å². The average molecular weight is 281 g/mol. The van der Waals surface area contributed by atoms with E-state index in [0.717, 1.165) is 5.56 Å². The Bertz CT molecular complexity index is 425. The van der Waals surface area contributed by atoms with Crippen molar-refractivity contribution in [2.75, 3.05) is 13.2 Å². The third-order valence-corrected chi connectivity index (χ3v) is 3.17. The van der Waals surface area contributed by atoms with Crippen LogP contribution in [0.3, 0.4) is 0 Å². The van der Waals surface area contributed by atoms with Crippen LogP contribution in [0.2, 0.25) is 0 Å². The summed E-state index contributed by atoms with van der Waals surface area (Å²) in [6, 6.07) is 9.38. The lowest BCUT2D eigenvalue weighted by Crippen LogP contribution is -2.32. The van der Waals surface area contributed by atoms with Gasteiger partial charge in [0.25, 0.3) is 0 Å². The Kier molecular flexibility index (Phi) is 5.34. The van der Waals surface area contributed by atoms with E-state index in [-0.39, 0.29) is 25.9 Å². The highest BCUT2D eigenvalue weighted by Gasteiger charge is 2.33. The Labute approximate surface area is 117 Å². The molecule has 1 saturated heterocycles. The van der Waals surface area contributed by atoms with Crippen LogP contribution in [0.25, 0.3) is 0 Å². The Balaban J connectivity index is 1.66. The van der Waals surface area contributed by atoms with E-state index in [1.54, 1.807) is 0 Å². The normalized spacial score (nSPS) is 25.4. The van der Waals surface area contributed by atoms with Crippen LogP contribution in [0, 0.1) is 0 Å². The van der Waals surface area contributed by atoms with Crippen molar-refractivity contribution in [3.63, 3.8) is 0 Å². The van der Waals surface area contributed by atoms with Crippen LogP contribution in [0.4, 0.5) is 4.79 Å². The van der Waals surface area contributed by atoms with Crippen LogP contribution < -0.4 is 5.32 Å². The third-order valence-electron chi connectivity index (χ3n) is 3.17. The summed E-state index contributed by atoms with van der Waals surface area (Å²) in [4.78, 5) is 11.5. The van der Waals surface area contributed by atoms with Crippen molar-refractivity contribution in [2.45, 2.75) is 31.3 Å². The molecular weight excluding hydrogens is 262 g/mol. The molecule has 1 aliphatic rings. The van der Waals surface area contributed by atoms with Gasteiger partial charge < -0.3 is 25.0 Å². The van der Waals surface area contributed by atoms with Crippen LogP contribution in [-0.4, -0.2) is 47.8 Å². The number of amides is 1. The lowest BCUT2D eigenvalue weighted by Gasteiger charge is -2.13. The van der Waals surface area contributed by atoms with Crippen molar-refractivity contribution in [3.8, 4) is 0 Å². The number of hydrogen-bond donors (Lipinski definition) is 3. The quantitative estimate of drug-likeness (QED) is 0.728. The van der Waals surface area contributed by atoms with E-state index in [1.807, 2.05) is 30.3 Å². The number of rotatable bonds is 5. The van der Waals surface area contributed by atoms with E-state index in [4.69, 9.17) is 14.6 Å². The Hall–Kier alpha value is -1.63. The number of carbonyl (C=O) groups excluding carboxylic acids is 1. The van der Waals surface area contributed by atoms with Crippen molar-refractivity contribution in [1.29, 1.82) is 0 Å². The summed E-state index contributed by atoms with van der Waals surface area (Å²) in [5.41, 5.74) is 0.913. The minimum absolute atomic E-state index is 0.208. The highest BCUT2D eigenvalue weighted by atomic mass is 16.6. The van der Waals surface area contributed by atoms with Gasteiger partial charge in [-0.05, 0) is 5.56 Å². The second-order valence-electron chi connectivity index (χ2n) is 4.72. The third kappa shape index (κ3) is 4.19. The predicted molar refractivity (Wildman–Crippen MR) is 71.0 cm³/mol. The molecule has 3 atom stereocenters. The number of aliphatic hydroxyl groups excluding tert-OH is 2. The Morgan fingerprint density at radius 3 is 2.80 bits per heavy atom. The molecule has 3 N–H and O–H groups in total. The zero-order chi connectivity index (χ0) is 14.4. The van der Waals surface area contributed by atoms with Gasteiger partial charge >= 0.3 is 6.09 Å². The van der Waals surface area contributed by atoms with E-state index in [9.17, 15) is 9.90 Å². The molecule has 1 amide bonds. The van der Waals surface area contributed by atoms with E-state index in [1.165, 1.54) is 0 Å². The summed E-state index contributed by atoms with van der Waals surface area (Å²) < 4.78 is 10.4. The van der Waals surface area contributed by atoms with E-state index >= 15 is 0 Å². The number of alkyl carbamates (subject to hydrolysis) is 1. The first kappa shape index (κ1) is 14.8. The average Bonchev–Trinajstić information content (AvgIpc) is 2.84. The monoisotopic (exact) mass is 281 g/mol. The van der Waals surface area contributed by atoms with Crippen molar-refractivity contribution < 1.29 is 24.5 Å². The number of ether oxygens (including phenoxy) is 2. The molecule has 6 heteroatoms. The zero-order valence-corrected chi connectivity index (χ0v) is 11.1. The summed E-state index contributed by atoms with van der Waals surface area (Å²) in [6.07, 6.45) is -1.69. The van der Waals surface area contributed by atoms with Crippen LogP contribution in [-0.2, 0) is 16.1 Å². The number of hydrogen-bond acceptors (Lipinski definition) is 5. The van der Waals surface area contributed by atoms with Gasteiger partial charge in [-0.1, -0.05) is 30.3 Å². The van der Waals surface area contributed by atoms with Crippen molar-refractivity contribution in [2.24, 2.45) is 0 Å². The van der Waals surface area contributed by atoms with Crippen LogP contribution in [0.1, 0.15) is 12.0 Å². The lowest BCUT2D eigenvalue weighted by molar-refractivity contribution is -0.0211.